The molecule has 0 aromatic heterocycles. The van der Waals surface area contributed by atoms with Gasteiger partial charge in [0.05, 0.1) is 6.61 Å². The van der Waals surface area contributed by atoms with Gasteiger partial charge in [0.25, 0.3) is 11.8 Å². The Labute approximate surface area is 167 Å². The Morgan fingerprint density at radius 1 is 0.821 bits per heavy atom. The molecule has 2 heterocycles. The van der Waals surface area contributed by atoms with Gasteiger partial charge in [0.2, 0.25) is 0 Å². The maximum absolute atomic E-state index is 12.9. The number of amides is 2. The maximum Gasteiger partial charge on any atom is 0.260 e. The number of carbonyl (C=O) groups is 2. The van der Waals surface area contributed by atoms with E-state index in [1.165, 1.54) is 19.3 Å². The Morgan fingerprint density at radius 3 is 2.07 bits per heavy atom. The largest absolute Gasteiger partial charge is 0.490 e. The number of ether oxygens (including phenoxy) is 2. The van der Waals surface area contributed by atoms with E-state index in [1.54, 1.807) is 18.2 Å². The lowest BCUT2D eigenvalue weighted by Crippen LogP contribution is -2.38. The summed E-state index contributed by atoms with van der Waals surface area (Å²) >= 11 is 0. The summed E-state index contributed by atoms with van der Waals surface area (Å²) in [6.07, 6.45) is 7.80. The molecule has 1 aromatic carbocycles. The number of hydrogen-bond donors (Lipinski definition) is 0. The number of likely N-dealkylation sites (tertiary alicyclic amines) is 2. The lowest BCUT2D eigenvalue weighted by atomic mass is 10.1. The van der Waals surface area contributed by atoms with Crippen molar-refractivity contribution in [3.8, 4) is 11.5 Å². The molecule has 0 saturated carbocycles. The summed E-state index contributed by atoms with van der Waals surface area (Å²) in [6, 6.07) is 5.27. The third kappa shape index (κ3) is 5.40. The van der Waals surface area contributed by atoms with Crippen LogP contribution in [0.5, 0.6) is 11.5 Å². The van der Waals surface area contributed by atoms with Gasteiger partial charge in [-0.25, -0.2) is 0 Å². The molecule has 0 radical (unpaired) electrons. The van der Waals surface area contributed by atoms with Crippen molar-refractivity contribution in [1.82, 2.24) is 9.80 Å². The lowest BCUT2D eigenvalue weighted by molar-refractivity contribution is -0.134. The summed E-state index contributed by atoms with van der Waals surface area (Å²) in [7, 11) is 0. The van der Waals surface area contributed by atoms with Crippen LogP contribution >= 0.6 is 0 Å². The highest BCUT2D eigenvalue weighted by molar-refractivity contribution is 5.95. The molecule has 0 atom stereocenters. The molecule has 2 aliphatic rings. The fraction of sp³-hybridized carbons (Fsp3) is 0.636. The third-order valence-electron chi connectivity index (χ3n) is 5.44. The van der Waals surface area contributed by atoms with Crippen molar-refractivity contribution in [3.63, 3.8) is 0 Å². The standard InChI is InChI=1S/C22H32N2O4/c1-2-27-20-16-18(22(26)24-14-6-3-4-7-15-24)10-11-19(20)28-17-21(25)23-12-8-5-9-13-23/h10-11,16H,2-9,12-15,17H2,1H3. The average molecular weight is 389 g/mol. The van der Waals surface area contributed by atoms with Crippen molar-refractivity contribution in [2.45, 2.75) is 51.9 Å². The summed E-state index contributed by atoms with van der Waals surface area (Å²) in [5, 5.41) is 0. The minimum Gasteiger partial charge on any atom is -0.490 e. The second kappa shape index (κ2) is 10.3. The Bertz CT molecular complexity index is 663. The first-order valence-electron chi connectivity index (χ1n) is 10.7. The van der Waals surface area contributed by atoms with Crippen molar-refractivity contribution in [2.24, 2.45) is 0 Å². The monoisotopic (exact) mass is 388 g/mol. The van der Waals surface area contributed by atoms with Crippen LogP contribution in [0.25, 0.3) is 0 Å². The zero-order valence-corrected chi connectivity index (χ0v) is 17.0. The first-order chi connectivity index (χ1) is 13.7. The summed E-state index contributed by atoms with van der Waals surface area (Å²) in [6.45, 7) is 5.60. The van der Waals surface area contributed by atoms with Crippen molar-refractivity contribution in [1.29, 1.82) is 0 Å². The molecule has 2 saturated heterocycles. The topological polar surface area (TPSA) is 59.1 Å². The number of benzene rings is 1. The second-order valence-electron chi connectivity index (χ2n) is 7.53. The van der Waals surface area contributed by atoms with Crippen LogP contribution in [0.3, 0.4) is 0 Å². The highest BCUT2D eigenvalue weighted by atomic mass is 16.5. The van der Waals surface area contributed by atoms with E-state index in [0.717, 1.165) is 51.9 Å². The minimum absolute atomic E-state index is 0.000504. The van der Waals surface area contributed by atoms with Crippen LogP contribution in [-0.4, -0.2) is 61.0 Å². The molecule has 1 aromatic rings. The Kier molecular flexibility index (Phi) is 7.57. The zero-order valence-electron chi connectivity index (χ0n) is 17.0. The molecule has 0 aliphatic carbocycles. The van der Waals surface area contributed by atoms with Crippen molar-refractivity contribution >= 4 is 11.8 Å². The van der Waals surface area contributed by atoms with E-state index in [0.29, 0.717) is 23.7 Å². The fourth-order valence-electron chi connectivity index (χ4n) is 3.86. The van der Waals surface area contributed by atoms with Gasteiger partial charge < -0.3 is 19.3 Å². The Hall–Kier alpha value is -2.24. The van der Waals surface area contributed by atoms with Gasteiger partial charge in [0.1, 0.15) is 0 Å². The molecular formula is C22H32N2O4. The first kappa shape index (κ1) is 20.5. The van der Waals surface area contributed by atoms with Crippen LogP contribution in [0, 0.1) is 0 Å². The van der Waals surface area contributed by atoms with Crippen molar-refractivity contribution in [2.75, 3.05) is 39.4 Å². The fourth-order valence-corrected chi connectivity index (χ4v) is 3.86. The molecule has 2 fully saturated rings. The van der Waals surface area contributed by atoms with Gasteiger partial charge in [-0.3, -0.25) is 9.59 Å². The normalized spacial score (nSPS) is 17.8. The summed E-state index contributed by atoms with van der Waals surface area (Å²) < 4.78 is 11.5. The first-order valence-corrected chi connectivity index (χ1v) is 10.7. The molecule has 154 valence electrons. The molecule has 6 nitrogen and oxygen atoms in total. The van der Waals surface area contributed by atoms with E-state index in [9.17, 15) is 9.59 Å². The quantitative estimate of drug-likeness (QED) is 0.748. The molecule has 3 rings (SSSR count). The van der Waals surface area contributed by atoms with Gasteiger partial charge in [-0.05, 0) is 57.2 Å². The van der Waals surface area contributed by atoms with E-state index in [2.05, 4.69) is 0 Å². The smallest absolute Gasteiger partial charge is 0.260 e. The number of nitrogens with zero attached hydrogens (tertiary/aromatic N) is 2. The highest BCUT2D eigenvalue weighted by Gasteiger charge is 2.21. The van der Waals surface area contributed by atoms with Crippen molar-refractivity contribution in [3.05, 3.63) is 23.8 Å². The molecule has 2 amide bonds. The van der Waals surface area contributed by atoms with Crippen LogP contribution in [-0.2, 0) is 4.79 Å². The lowest BCUT2D eigenvalue weighted by Gasteiger charge is -2.26. The number of rotatable bonds is 6. The molecule has 0 unspecified atom stereocenters. The Morgan fingerprint density at radius 2 is 1.43 bits per heavy atom. The number of hydrogen-bond acceptors (Lipinski definition) is 4. The molecule has 28 heavy (non-hydrogen) atoms. The van der Waals surface area contributed by atoms with Gasteiger partial charge in [-0.15, -0.1) is 0 Å². The van der Waals surface area contributed by atoms with E-state index < -0.39 is 0 Å². The SMILES string of the molecule is CCOc1cc(C(=O)N2CCCCCC2)ccc1OCC(=O)N1CCCCC1. The molecule has 6 heteroatoms. The Balaban J connectivity index is 1.66. The summed E-state index contributed by atoms with van der Waals surface area (Å²) in [5.41, 5.74) is 0.611. The van der Waals surface area contributed by atoms with Crippen LogP contribution in [0.1, 0.15) is 62.2 Å². The van der Waals surface area contributed by atoms with Gasteiger partial charge in [0, 0.05) is 31.7 Å². The van der Waals surface area contributed by atoms with Gasteiger partial charge >= 0.3 is 0 Å². The predicted molar refractivity (Wildman–Crippen MR) is 108 cm³/mol. The van der Waals surface area contributed by atoms with Gasteiger partial charge in [-0.1, -0.05) is 12.8 Å². The minimum atomic E-state index is -0.000504. The highest BCUT2D eigenvalue weighted by Crippen LogP contribution is 2.29. The average Bonchev–Trinajstić information content (AvgIpc) is 3.02. The van der Waals surface area contributed by atoms with E-state index in [1.807, 2.05) is 16.7 Å². The van der Waals surface area contributed by atoms with E-state index in [-0.39, 0.29) is 18.4 Å². The van der Waals surface area contributed by atoms with Crippen LogP contribution in [0.4, 0.5) is 0 Å². The molecule has 0 N–H and O–H groups in total. The van der Waals surface area contributed by atoms with E-state index in [4.69, 9.17) is 9.47 Å². The predicted octanol–water partition coefficient (Wildman–Crippen LogP) is 3.49. The summed E-state index contributed by atoms with van der Waals surface area (Å²) in [5.74, 6) is 1.08. The van der Waals surface area contributed by atoms with Crippen LogP contribution in [0.15, 0.2) is 18.2 Å². The molecule has 0 bridgehead atoms. The van der Waals surface area contributed by atoms with Gasteiger partial charge in [0.15, 0.2) is 18.1 Å². The van der Waals surface area contributed by atoms with Crippen LogP contribution in [0.2, 0.25) is 0 Å². The van der Waals surface area contributed by atoms with Crippen molar-refractivity contribution < 1.29 is 19.1 Å². The van der Waals surface area contributed by atoms with Crippen LogP contribution < -0.4 is 9.47 Å². The van der Waals surface area contributed by atoms with E-state index >= 15 is 0 Å². The van der Waals surface area contributed by atoms with Gasteiger partial charge in [-0.2, -0.15) is 0 Å². The molecule has 0 spiro atoms. The number of piperidine rings is 1. The summed E-state index contributed by atoms with van der Waals surface area (Å²) in [4.78, 5) is 29.0. The number of carbonyl (C=O) groups excluding carboxylic acids is 2. The second-order valence-corrected chi connectivity index (χ2v) is 7.53. The zero-order chi connectivity index (χ0) is 19.8. The third-order valence-corrected chi connectivity index (χ3v) is 5.44. The molecule has 2 aliphatic heterocycles. The molecular weight excluding hydrogens is 356 g/mol. The maximum atomic E-state index is 12.9.